The average molecular weight is 494 g/mol. The highest BCUT2D eigenvalue weighted by Crippen LogP contribution is 2.49. The Balaban J connectivity index is 1.33. The highest BCUT2D eigenvalue weighted by atomic mass is 19.4. The molecule has 0 aromatic rings. The van der Waals surface area contributed by atoms with Crippen molar-refractivity contribution in [2.45, 2.75) is 109 Å². The summed E-state index contributed by atoms with van der Waals surface area (Å²) >= 11 is 0. The standard InChI is InChI=1S/C22H29F3O9/c1-5-20(3,4)19(28)32-14-12-13(30-17(14)27)15-18(31-12)34-21(33-15)8-6-11(7-9-21)16(26)29-10(2)22(23,24)25/h10-15,18H,5-9H2,1-4H3/t10?,11?,12?,13-,14-,15+,18+,21?/m0/s1. The van der Waals surface area contributed by atoms with Gasteiger partial charge in [0.2, 0.25) is 6.10 Å². The average Bonchev–Trinajstić information content (AvgIpc) is 3.36. The van der Waals surface area contributed by atoms with Crippen LogP contribution in [0.25, 0.3) is 0 Å². The maximum absolute atomic E-state index is 12.7. The van der Waals surface area contributed by atoms with E-state index in [2.05, 4.69) is 4.74 Å². The summed E-state index contributed by atoms with van der Waals surface area (Å²) in [5.41, 5.74) is -0.776. The lowest BCUT2D eigenvalue weighted by atomic mass is 9.85. The van der Waals surface area contributed by atoms with E-state index in [1.165, 1.54) is 0 Å². The van der Waals surface area contributed by atoms with Crippen LogP contribution in [0.3, 0.4) is 0 Å². The number of esters is 3. The number of ether oxygens (including phenoxy) is 6. The van der Waals surface area contributed by atoms with Crippen LogP contribution in [-0.4, -0.2) is 66.7 Å². The summed E-state index contributed by atoms with van der Waals surface area (Å²) in [4.78, 5) is 36.9. The molecule has 1 saturated carbocycles. The SMILES string of the molecule is CCC(C)(C)C(=O)O[C@@H]1C(=O)O[C@H]2C1O[C@@H]1OC3(CCC(C(=O)OC(C)C(F)(F)F)CC3)O[C@@H]12. The third-order valence-electron chi connectivity index (χ3n) is 7.18. The van der Waals surface area contributed by atoms with Gasteiger partial charge in [-0.1, -0.05) is 6.92 Å². The maximum Gasteiger partial charge on any atom is 0.425 e. The second kappa shape index (κ2) is 8.63. The fourth-order valence-corrected chi connectivity index (χ4v) is 4.47. The highest BCUT2D eigenvalue weighted by Gasteiger charge is 2.66. The summed E-state index contributed by atoms with van der Waals surface area (Å²) in [5.74, 6) is -3.96. The minimum Gasteiger partial charge on any atom is -0.454 e. The molecular weight excluding hydrogens is 465 g/mol. The molecule has 3 saturated heterocycles. The zero-order chi connectivity index (χ0) is 25.1. The van der Waals surface area contributed by atoms with Crippen LogP contribution in [0.5, 0.6) is 0 Å². The first-order valence-electron chi connectivity index (χ1n) is 11.5. The summed E-state index contributed by atoms with van der Waals surface area (Å²) in [7, 11) is 0. The lowest BCUT2D eigenvalue weighted by Gasteiger charge is -2.36. The summed E-state index contributed by atoms with van der Waals surface area (Å²) in [6.07, 6.45) is -9.91. The number of carbonyl (C=O) groups excluding carboxylic acids is 3. The Morgan fingerprint density at radius 3 is 2.35 bits per heavy atom. The predicted molar refractivity (Wildman–Crippen MR) is 105 cm³/mol. The lowest BCUT2D eigenvalue weighted by molar-refractivity contribution is -0.251. The molecule has 4 aliphatic rings. The van der Waals surface area contributed by atoms with Gasteiger partial charge in [-0.25, -0.2) is 4.79 Å². The second-order valence-corrected chi connectivity index (χ2v) is 9.94. The van der Waals surface area contributed by atoms with Crippen LogP contribution in [0, 0.1) is 11.3 Å². The Kier molecular flexibility index (Phi) is 6.39. The third kappa shape index (κ3) is 4.51. The molecule has 0 amide bonds. The smallest absolute Gasteiger partial charge is 0.425 e. The van der Waals surface area contributed by atoms with Crippen LogP contribution >= 0.6 is 0 Å². The van der Waals surface area contributed by atoms with E-state index in [-0.39, 0.29) is 25.7 Å². The normalized spacial score (nSPS) is 38.3. The fourth-order valence-electron chi connectivity index (χ4n) is 4.47. The molecule has 9 nitrogen and oxygen atoms in total. The van der Waals surface area contributed by atoms with Crippen molar-refractivity contribution in [3.63, 3.8) is 0 Å². The molecule has 1 aliphatic carbocycles. The van der Waals surface area contributed by atoms with Gasteiger partial charge in [-0.2, -0.15) is 13.2 Å². The number of hydrogen-bond donors (Lipinski definition) is 0. The molecule has 0 bridgehead atoms. The Labute approximate surface area is 194 Å². The van der Waals surface area contributed by atoms with Gasteiger partial charge in [0, 0.05) is 12.8 Å². The quantitative estimate of drug-likeness (QED) is 0.421. The van der Waals surface area contributed by atoms with E-state index in [4.69, 9.17) is 23.7 Å². The zero-order valence-corrected chi connectivity index (χ0v) is 19.4. The van der Waals surface area contributed by atoms with E-state index >= 15 is 0 Å². The van der Waals surface area contributed by atoms with Crippen LogP contribution in [0.4, 0.5) is 13.2 Å². The van der Waals surface area contributed by atoms with Gasteiger partial charge < -0.3 is 28.4 Å². The molecule has 6 atom stereocenters. The van der Waals surface area contributed by atoms with E-state index in [0.29, 0.717) is 6.42 Å². The van der Waals surface area contributed by atoms with Gasteiger partial charge in [0.05, 0.1) is 11.3 Å². The van der Waals surface area contributed by atoms with E-state index in [1.54, 1.807) is 13.8 Å². The molecule has 3 aliphatic heterocycles. The highest BCUT2D eigenvalue weighted by molar-refractivity contribution is 5.84. The second-order valence-electron chi connectivity index (χ2n) is 9.94. The molecule has 0 aromatic heterocycles. The van der Waals surface area contributed by atoms with Crippen molar-refractivity contribution in [2.75, 3.05) is 0 Å². The van der Waals surface area contributed by atoms with Crippen molar-refractivity contribution in [2.24, 2.45) is 11.3 Å². The molecule has 3 heterocycles. The van der Waals surface area contributed by atoms with Gasteiger partial charge in [0.25, 0.3) is 0 Å². The molecule has 4 rings (SSSR count). The van der Waals surface area contributed by atoms with Gasteiger partial charge in [0.15, 0.2) is 30.4 Å². The summed E-state index contributed by atoms with van der Waals surface area (Å²) in [6.45, 7) is 6.05. The molecule has 34 heavy (non-hydrogen) atoms. The van der Waals surface area contributed by atoms with Crippen molar-refractivity contribution in [1.29, 1.82) is 0 Å². The molecule has 4 fully saturated rings. The third-order valence-corrected chi connectivity index (χ3v) is 7.18. The molecule has 0 radical (unpaired) electrons. The molecule has 0 aromatic carbocycles. The largest absolute Gasteiger partial charge is 0.454 e. The fraction of sp³-hybridized carbons (Fsp3) is 0.864. The minimum absolute atomic E-state index is 0.211. The zero-order valence-electron chi connectivity index (χ0n) is 19.4. The maximum atomic E-state index is 12.7. The van der Waals surface area contributed by atoms with Crippen LogP contribution < -0.4 is 0 Å². The Hall–Kier alpha value is -1.92. The van der Waals surface area contributed by atoms with E-state index < -0.39 is 78.0 Å². The Morgan fingerprint density at radius 2 is 1.76 bits per heavy atom. The van der Waals surface area contributed by atoms with E-state index in [1.807, 2.05) is 6.92 Å². The molecule has 1 spiro atoms. The number of carbonyl (C=O) groups is 3. The van der Waals surface area contributed by atoms with Gasteiger partial charge in [-0.3, -0.25) is 9.59 Å². The number of alkyl halides is 3. The number of rotatable bonds is 5. The first kappa shape index (κ1) is 25.2. The van der Waals surface area contributed by atoms with Crippen molar-refractivity contribution in [3.05, 3.63) is 0 Å². The first-order chi connectivity index (χ1) is 15.8. The van der Waals surface area contributed by atoms with Crippen molar-refractivity contribution in [1.82, 2.24) is 0 Å². The van der Waals surface area contributed by atoms with Crippen LogP contribution in [0.15, 0.2) is 0 Å². The first-order valence-corrected chi connectivity index (χ1v) is 11.5. The number of hydrogen-bond acceptors (Lipinski definition) is 9. The van der Waals surface area contributed by atoms with Crippen LogP contribution in [0.2, 0.25) is 0 Å². The van der Waals surface area contributed by atoms with Crippen molar-refractivity contribution < 1.29 is 56.0 Å². The van der Waals surface area contributed by atoms with E-state index in [0.717, 1.165) is 6.92 Å². The van der Waals surface area contributed by atoms with Gasteiger partial charge in [0.1, 0.15) is 6.10 Å². The lowest BCUT2D eigenvalue weighted by Crippen LogP contribution is -2.43. The van der Waals surface area contributed by atoms with Crippen molar-refractivity contribution in [3.8, 4) is 0 Å². The Bertz CT molecular complexity index is 834. The summed E-state index contributed by atoms with van der Waals surface area (Å²) in [5, 5.41) is 0. The van der Waals surface area contributed by atoms with Gasteiger partial charge >= 0.3 is 24.1 Å². The number of halogens is 3. The van der Waals surface area contributed by atoms with Crippen LogP contribution in [-0.2, 0) is 42.8 Å². The van der Waals surface area contributed by atoms with Crippen LogP contribution in [0.1, 0.15) is 59.8 Å². The molecule has 2 unspecified atom stereocenters. The molecule has 0 N–H and O–H groups in total. The number of fused-ring (bicyclic) bond motifs is 3. The minimum atomic E-state index is -4.62. The van der Waals surface area contributed by atoms with Crippen molar-refractivity contribution >= 4 is 17.9 Å². The molecule has 12 heteroatoms. The monoisotopic (exact) mass is 494 g/mol. The van der Waals surface area contributed by atoms with Gasteiger partial charge in [-0.05, 0) is 40.0 Å². The summed E-state index contributed by atoms with van der Waals surface area (Å²) in [6, 6.07) is 0. The summed E-state index contributed by atoms with van der Waals surface area (Å²) < 4.78 is 71.3. The van der Waals surface area contributed by atoms with E-state index in [9.17, 15) is 27.6 Å². The molecule has 192 valence electrons. The Morgan fingerprint density at radius 1 is 1.12 bits per heavy atom. The predicted octanol–water partition coefficient (Wildman–Crippen LogP) is 2.78. The molecular formula is C22H29F3O9. The van der Waals surface area contributed by atoms with Gasteiger partial charge in [-0.15, -0.1) is 0 Å². The topological polar surface area (TPSA) is 107 Å².